The van der Waals surface area contributed by atoms with Crippen molar-refractivity contribution < 1.29 is 23.4 Å². The molecule has 1 saturated carbocycles. The predicted molar refractivity (Wildman–Crippen MR) is 58.0 cm³/mol. The van der Waals surface area contributed by atoms with Crippen molar-refractivity contribution in [1.82, 2.24) is 5.32 Å². The van der Waals surface area contributed by atoms with Gasteiger partial charge in [-0.15, -0.1) is 0 Å². The Hall–Kier alpha value is -0.820. The lowest BCUT2D eigenvalue weighted by Gasteiger charge is -2.31. The van der Waals surface area contributed by atoms with Crippen molar-refractivity contribution in [2.24, 2.45) is 5.92 Å². The first-order valence-electron chi connectivity index (χ1n) is 5.14. The van der Waals surface area contributed by atoms with Crippen molar-refractivity contribution >= 4 is 15.9 Å². The second-order valence-corrected chi connectivity index (χ2v) is 6.60. The summed E-state index contributed by atoms with van der Waals surface area (Å²) < 4.78 is 22.6. The highest BCUT2D eigenvalue weighted by atomic mass is 32.2. The van der Waals surface area contributed by atoms with Crippen LogP contribution in [0.4, 0.5) is 4.79 Å². The van der Waals surface area contributed by atoms with Crippen LogP contribution in [-0.4, -0.2) is 48.9 Å². The fourth-order valence-corrected chi connectivity index (χ4v) is 3.13. The first kappa shape index (κ1) is 13.2. The zero-order chi connectivity index (χ0) is 12.3. The van der Waals surface area contributed by atoms with Crippen LogP contribution in [0, 0.1) is 5.92 Å². The number of sulfone groups is 1. The van der Waals surface area contributed by atoms with Crippen LogP contribution in [0.15, 0.2) is 0 Å². The Kier molecular flexibility index (Phi) is 4.15. The van der Waals surface area contributed by atoms with E-state index in [4.69, 9.17) is 5.11 Å². The van der Waals surface area contributed by atoms with E-state index in [2.05, 4.69) is 5.32 Å². The van der Waals surface area contributed by atoms with Gasteiger partial charge in [0.05, 0.1) is 11.4 Å². The Balaban J connectivity index is 2.49. The maximum Gasteiger partial charge on any atom is 0.404 e. The molecule has 1 aliphatic rings. The summed E-state index contributed by atoms with van der Waals surface area (Å²) >= 11 is 0. The maximum atomic E-state index is 11.3. The first-order valence-corrected chi connectivity index (χ1v) is 7.10. The molecule has 0 aromatic heterocycles. The molecule has 3 N–H and O–H groups in total. The summed E-state index contributed by atoms with van der Waals surface area (Å²) in [5.41, 5.74) is 0. The van der Waals surface area contributed by atoms with Crippen molar-refractivity contribution in [2.75, 3.05) is 12.8 Å². The van der Waals surface area contributed by atoms with Crippen molar-refractivity contribution in [3.05, 3.63) is 0 Å². The standard InChI is InChI=1S/C9H17NO5S/c1-16(14,15)7-3-2-6(8(11)4-7)5-10-9(12)13/h6-8,10-11H,2-5H2,1H3,(H,12,13). The molecule has 0 bridgehead atoms. The summed E-state index contributed by atoms with van der Waals surface area (Å²) in [4.78, 5) is 10.3. The smallest absolute Gasteiger partial charge is 0.404 e. The Morgan fingerprint density at radius 3 is 2.50 bits per heavy atom. The Bertz CT molecular complexity index is 353. The van der Waals surface area contributed by atoms with E-state index in [9.17, 15) is 18.3 Å². The normalized spacial score (nSPS) is 31.0. The van der Waals surface area contributed by atoms with Gasteiger partial charge in [-0.3, -0.25) is 0 Å². The van der Waals surface area contributed by atoms with E-state index in [0.717, 1.165) is 0 Å². The number of aliphatic hydroxyl groups is 1. The molecule has 1 amide bonds. The molecule has 0 saturated heterocycles. The third kappa shape index (κ3) is 3.64. The number of nitrogens with one attached hydrogen (secondary N) is 1. The van der Waals surface area contributed by atoms with E-state index < -0.39 is 27.3 Å². The molecule has 0 aromatic carbocycles. The number of rotatable bonds is 3. The maximum absolute atomic E-state index is 11.3. The van der Waals surface area contributed by atoms with Crippen LogP contribution in [0.1, 0.15) is 19.3 Å². The predicted octanol–water partition coefficient (Wildman–Crippen LogP) is -0.172. The summed E-state index contributed by atoms with van der Waals surface area (Å²) in [6, 6.07) is 0. The van der Waals surface area contributed by atoms with E-state index in [-0.39, 0.29) is 18.9 Å². The van der Waals surface area contributed by atoms with Gasteiger partial charge in [0.1, 0.15) is 9.84 Å². The lowest BCUT2D eigenvalue weighted by Crippen LogP contribution is -2.41. The molecule has 3 unspecified atom stereocenters. The largest absolute Gasteiger partial charge is 0.465 e. The van der Waals surface area contributed by atoms with Gasteiger partial charge in [0.15, 0.2) is 0 Å². The zero-order valence-electron chi connectivity index (χ0n) is 9.09. The van der Waals surface area contributed by atoms with E-state index in [1.165, 1.54) is 6.26 Å². The molecule has 0 aromatic rings. The van der Waals surface area contributed by atoms with Crippen LogP contribution in [-0.2, 0) is 9.84 Å². The van der Waals surface area contributed by atoms with Crippen LogP contribution >= 0.6 is 0 Å². The number of carboxylic acid groups (broad SMARTS) is 1. The number of hydrogen-bond acceptors (Lipinski definition) is 4. The van der Waals surface area contributed by atoms with E-state index in [0.29, 0.717) is 12.8 Å². The van der Waals surface area contributed by atoms with Crippen molar-refractivity contribution in [3.8, 4) is 0 Å². The summed E-state index contributed by atoms with van der Waals surface area (Å²) in [6.45, 7) is 0.174. The van der Waals surface area contributed by atoms with E-state index in [1.807, 2.05) is 0 Å². The molecule has 6 nitrogen and oxygen atoms in total. The van der Waals surface area contributed by atoms with Crippen LogP contribution in [0.2, 0.25) is 0 Å². The van der Waals surface area contributed by atoms with Gasteiger partial charge >= 0.3 is 6.09 Å². The third-order valence-corrected chi connectivity index (χ3v) is 4.67. The highest BCUT2D eigenvalue weighted by molar-refractivity contribution is 7.91. The fourth-order valence-electron chi connectivity index (χ4n) is 2.02. The van der Waals surface area contributed by atoms with E-state index in [1.54, 1.807) is 0 Å². The van der Waals surface area contributed by atoms with Crippen molar-refractivity contribution in [1.29, 1.82) is 0 Å². The Morgan fingerprint density at radius 1 is 1.44 bits per heavy atom. The van der Waals surface area contributed by atoms with Crippen LogP contribution in [0.25, 0.3) is 0 Å². The molecule has 7 heteroatoms. The van der Waals surface area contributed by atoms with Gasteiger partial charge < -0.3 is 15.5 Å². The molecule has 3 atom stereocenters. The van der Waals surface area contributed by atoms with Gasteiger partial charge in [-0.05, 0) is 19.3 Å². The highest BCUT2D eigenvalue weighted by Crippen LogP contribution is 2.28. The summed E-state index contributed by atoms with van der Waals surface area (Å²) in [7, 11) is -3.11. The molecule has 16 heavy (non-hydrogen) atoms. The molecule has 1 aliphatic carbocycles. The lowest BCUT2D eigenvalue weighted by molar-refractivity contribution is 0.0709. The average Bonchev–Trinajstić information content (AvgIpc) is 2.14. The topological polar surface area (TPSA) is 104 Å². The Labute approximate surface area is 94.6 Å². The van der Waals surface area contributed by atoms with Gasteiger partial charge in [0.2, 0.25) is 0 Å². The van der Waals surface area contributed by atoms with Gasteiger partial charge in [-0.1, -0.05) is 0 Å². The van der Waals surface area contributed by atoms with Crippen molar-refractivity contribution in [3.63, 3.8) is 0 Å². The second-order valence-electron chi connectivity index (χ2n) is 4.28. The molecular weight excluding hydrogens is 234 g/mol. The Morgan fingerprint density at radius 2 is 2.06 bits per heavy atom. The molecular formula is C9H17NO5S. The van der Waals surface area contributed by atoms with Crippen LogP contribution < -0.4 is 5.32 Å². The van der Waals surface area contributed by atoms with Gasteiger partial charge in [0, 0.05) is 18.7 Å². The first-order chi connectivity index (χ1) is 7.30. The molecule has 0 heterocycles. The molecule has 0 radical (unpaired) electrons. The number of aliphatic hydroxyl groups excluding tert-OH is 1. The summed E-state index contributed by atoms with van der Waals surface area (Å²) in [5.74, 6) is -0.186. The monoisotopic (exact) mass is 251 g/mol. The highest BCUT2D eigenvalue weighted by Gasteiger charge is 2.33. The van der Waals surface area contributed by atoms with Crippen LogP contribution in [0.5, 0.6) is 0 Å². The fraction of sp³-hybridized carbons (Fsp3) is 0.889. The molecule has 1 fully saturated rings. The lowest BCUT2D eigenvalue weighted by atomic mass is 9.86. The second kappa shape index (κ2) is 5.01. The van der Waals surface area contributed by atoms with Gasteiger partial charge in [0.25, 0.3) is 0 Å². The van der Waals surface area contributed by atoms with Gasteiger partial charge in [-0.2, -0.15) is 0 Å². The quantitative estimate of drug-likeness (QED) is 0.646. The van der Waals surface area contributed by atoms with Crippen molar-refractivity contribution in [2.45, 2.75) is 30.6 Å². The minimum absolute atomic E-state index is 0.174. The molecule has 0 aliphatic heterocycles. The minimum Gasteiger partial charge on any atom is -0.465 e. The van der Waals surface area contributed by atoms with Crippen LogP contribution in [0.3, 0.4) is 0 Å². The minimum atomic E-state index is -3.11. The summed E-state index contributed by atoms with van der Waals surface area (Å²) in [5, 5.41) is 19.9. The SMILES string of the molecule is CS(=O)(=O)C1CCC(CNC(=O)O)C(O)C1. The van der Waals surface area contributed by atoms with E-state index >= 15 is 0 Å². The average molecular weight is 251 g/mol. The van der Waals surface area contributed by atoms with Gasteiger partial charge in [-0.25, -0.2) is 13.2 Å². The number of carbonyl (C=O) groups is 1. The zero-order valence-corrected chi connectivity index (χ0v) is 9.90. The number of amides is 1. The number of hydrogen-bond donors (Lipinski definition) is 3. The molecule has 1 rings (SSSR count). The molecule has 0 spiro atoms. The summed E-state index contributed by atoms with van der Waals surface area (Å²) in [6.07, 6.45) is 0.504. The third-order valence-electron chi connectivity index (χ3n) is 3.03. The molecule has 94 valence electrons.